The Balaban J connectivity index is 4.21. The lowest BCUT2D eigenvalue weighted by atomic mass is 10.2. The molecule has 1 N–H and O–H groups in total. The van der Waals surface area contributed by atoms with Crippen LogP contribution in [0, 0.1) is 0 Å². The first-order valence-electron chi connectivity index (χ1n) is 3.58. The fourth-order valence-electron chi connectivity index (χ4n) is 0.993. The lowest BCUT2D eigenvalue weighted by Gasteiger charge is -2.28. The minimum absolute atomic E-state index is 0.0127. The zero-order valence-electron chi connectivity index (χ0n) is 7.04. The number of carbonyl (C=O) groups is 1. The Kier molecular flexibility index (Phi) is 4.26. The molecule has 0 saturated carbocycles. The summed E-state index contributed by atoms with van der Waals surface area (Å²) in [5.41, 5.74) is 0. The first kappa shape index (κ1) is 10.6. The quantitative estimate of drug-likeness (QED) is 0.674. The molecule has 0 aromatic rings. The van der Waals surface area contributed by atoms with Crippen LogP contribution in [0.4, 0.5) is 4.79 Å². The van der Waals surface area contributed by atoms with Crippen molar-refractivity contribution in [2.24, 2.45) is 0 Å². The summed E-state index contributed by atoms with van der Waals surface area (Å²) in [5, 5.41) is 8.71. The van der Waals surface area contributed by atoms with E-state index in [1.54, 1.807) is 6.92 Å². The standard InChI is InChI=1S/C7H14ClNO2/c1-5(2)9(7(10)11)6(3)4-8/h5-6H,4H2,1-3H3,(H,10,11). The molecule has 1 atom stereocenters. The summed E-state index contributed by atoms with van der Waals surface area (Å²) in [5.74, 6) is 0.338. The Morgan fingerprint density at radius 3 is 2.09 bits per heavy atom. The molecule has 1 unspecified atom stereocenters. The van der Waals surface area contributed by atoms with Crippen LogP contribution in [0.15, 0.2) is 0 Å². The molecule has 0 rings (SSSR count). The van der Waals surface area contributed by atoms with Gasteiger partial charge in [0.15, 0.2) is 0 Å². The SMILES string of the molecule is CC(C)N(C(=O)O)C(C)CCl. The van der Waals surface area contributed by atoms with E-state index in [0.717, 1.165) is 0 Å². The van der Waals surface area contributed by atoms with Crippen molar-refractivity contribution < 1.29 is 9.90 Å². The summed E-state index contributed by atoms with van der Waals surface area (Å²) in [4.78, 5) is 11.9. The maximum absolute atomic E-state index is 10.6. The molecule has 0 spiro atoms. The van der Waals surface area contributed by atoms with E-state index in [0.29, 0.717) is 5.88 Å². The monoisotopic (exact) mass is 179 g/mol. The van der Waals surface area contributed by atoms with E-state index >= 15 is 0 Å². The molecule has 66 valence electrons. The van der Waals surface area contributed by atoms with Crippen LogP contribution in [-0.2, 0) is 0 Å². The molecule has 4 heteroatoms. The summed E-state index contributed by atoms with van der Waals surface area (Å²) in [6, 6.07) is -0.129. The molecule has 11 heavy (non-hydrogen) atoms. The van der Waals surface area contributed by atoms with E-state index in [1.807, 2.05) is 13.8 Å². The minimum atomic E-state index is -0.909. The van der Waals surface area contributed by atoms with Crippen molar-refractivity contribution in [1.29, 1.82) is 0 Å². The van der Waals surface area contributed by atoms with Gasteiger partial charge in [-0.15, -0.1) is 11.6 Å². The van der Waals surface area contributed by atoms with Crippen molar-refractivity contribution in [2.45, 2.75) is 32.9 Å². The number of hydrogen-bond donors (Lipinski definition) is 1. The highest BCUT2D eigenvalue weighted by molar-refractivity contribution is 6.18. The van der Waals surface area contributed by atoms with E-state index in [1.165, 1.54) is 4.90 Å². The molecule has 0 aliphatic carbocycles. The average molecular weight is 180 g/mol. The molecule has 3 nitrogen and oxygen atoms in total. The smallest absolute Gasteiger partial charge is 0.407 e. The van der Waals surface area contributed by atoms with Gasteiger partial charge in [-0.1, -0.05) is 0 Å². The molecule has 0 aliphatic rings. The van der Waals surface area contributed by atoms with Gasteiger partial charge in [-0.05, 0) is 20.8 Å². The molecule has 0 aliphatic heterocycles. The van der Waals surface area contributed by atoms with Crippen LogP contribution in [0.25, 0.3) is 0 Å². The predicted octanol–water partition coefficient (Wildman–Crippen LogP) is 2.00. The summed E-state index contributed by atoms with van der Waals surface area (Å²) in [6.45, 7) is 5.45. The van der Waals surface area contributed by atoms with Crippen molar-refractivity contribution >= 4 is 17.7 Å². The van der Waals surface area contributed by atoms with E-state index in [2.05, 4.69) is 0 Å². The molecule has 1 amide bonds. The van der Waals surface area contributed by atoms with Gasteiger partial charge in [0.25, 0.3) is 0 Å². The van der Waals surface area contributed by atoms with Gasteiger partial charge in [0, 0.05) is 18.0 Å². The third kappa shape index (κ3) is 2.97. The van der Waals surface area contributed by atoms with E-state index in [9.17, 15) is 4.79 Å². The molecular weight excluding hydrogens is 166 g/mol. The highest BCUT2D eigenvalue weighted by atomic mass is 35.5. The second-order valence-corrected chi connectivity index (χ2v) is 3.10. The third-order valence-corrected chi connectivity index (χ3v) is 1.92. The molecule has 0 bridgehead atoms. The van der Waals surface area contributed by atoms with Crippen molar-refractivity contribution in [1.82, 2.24) is 4.90 Å². The van der Waals surface area contributed by atoms with Gasteiger partial charge in [-0.2, -0.15) is 0 Å². The predicted molar refractivity (Wildman–Crippen MR) is 45.2 cm³/mol. The minimum Gasteiger partial charge on any atom is -0.465 e. The number of rotatable bonds is 3. The lowest BCUT2D eigenvalue weighted by Crippen LogP contribution is -2.43. The fraction of sp³-hybridized carbons (Fsp3) is 0.857. The van der Waals surface area contributed by atoms with Gasteiger partial charge >= 0.3 is 6.09 Å². The second-order valence-electron chi connectivity index (χ2n) is 2.79. The van der Waals surface area contributed by atoms with Crippen LogP contribution in [0.1, 0.15) is 20.8 Å². The number of amides is 1. The Hall–Kier alpha value is -0.440. The summed E-state index contributed by atoms with van der Waals surface area (Å²) in [6.07, 6.45) is -0.909. The van der Waals surface area contributed by atoms with Crippen LogP contribution in [0.2, 0.25) is 0 Å². The zero-order chi connectivity index (χ0) is 9.02. The summed E-state index contributed by atoms with van der Waals surface area (Å²) >= 11 is 5.53. The van der Waals surface area contributed by atoms with Crippen LogP contribution >= 0.6 is 11.6 Å². The van der Waals surface area contributed by atoms with Gasteiger partial charge in [-0.25, -0.2) is 4.79 Å². The largest absolute Gasteiger partial charge is 0.465 e. The first-order valence-corrected chi connectivity index (χ1v) is 4.11. The zero-order valence-corrected chi connectivity index (χ0v) is 7.80. The number of alkyl halides is 1. The highest BCUT2D eigenvalue weighted by Gasteiger charge is 2.20. The van der Waals surface area contributed by atoms with Gasteiger partial charge < -0.3 is 10.0 Å². The van der Waals surface area contributed by atoms with Gasteiger partial charge in [0.2, 0.25) is 0 Å². The number of nitrogens with zero attached hydrogens (tertiary/aromatic N) is 1. The highest BCUT2D eigenvalue weighted by Crippen LogP contribution is 2.06. The molecule has 0 fully saturated rings. The number of carboxylic acid groups (broad SMARTS) is 1. The van der Waals surface area contributed by atoms with Crippen molar-refractivity contribution in [3.8, 4) is 0 Å². The van der Waals surface area contributed by atoms with Crippen molar-refractivity contribution in [3.63, 3.8) is 0 Å². The average Bonchev–Trinajstić information content (AvgIpc) is 1.85. The normalized spacial score (nSPS) is 13.2. The molecule has 0 radical (unpaired) electrons. The maximum Gasteiger partial charge on any atom is 0.407 e. The van der Waals surface area contributed by atoms with E-state index in [4.69, 9.17) is 16.7 Å². The van der Waals surface area contributed by atoms with Gasteiger partial charge in [0.1, 0.15) is 0 Å². The van der Waals surface area contributed by atoms with Crippen LogP contribution in [-0.4, -0.2) is 34.1 Å². The molecular formula is C7H14ClNO2. The molecule has 0 heterocycles. The van der Waals surface area contributed by atoms with Gasteiger partial charge in [0.05, 0.1) is 0 Å². The molecule has 0 aromatic carbocycles. The topological polar surface area (TPSA) is 40.5 Å². The Bertz CT molecular complexity index is 138. The number of halogens is 1. The van der Waals surface area contributed by atoms with Crippen LogP contribution in [0.5, 0.6) is 0 Å². The van der Waals surface area contributed by atoms with Gasteiger partial charge in [-0.3, -0.25) is 0 Å². The second kappa shape index (κ2) is 4.44. The Morgan fingerprint density at radius 2 is 2.00 bits per heavy atom. The van der Waals surface area contributed by atoms with Crippen LogP contribution < -0.4 is 0 Å². The fourth-order valence-corrected chi connectivity index (χ4v) is 1.14. The molecule has 0 saturated heterocycles. The Morgan fingerprint density at radius 1 is 1.55 bits per heavy atom. The maximum atomic E-state index is 10.6. The van der Waals surface area contributed by atoms with Crippen LogP contribution in [0.3, 0.4) is 0 Å². The van der Waals surface area contributed by atoms with Crippen molar-refractivity contribution in [3.05, 3.63) is 0 Å². The van der Waals surface area contributed by atoms with E-state index in [-0.39, 0.29) is 12.1 Å². The summed E-state index contributed by atoms with van der Waals surface area (Å²) in [7, 11) is 0. The number of hydrogen-bond acceptors (Lipinski definition) is 1. The molecule has 0 aromatic heterocycles. The Labute approximate surface area is 71.9 Å². The van der Waals surface area contributed by atoms with Crippen molar-refractivity contribution in [2.75, 3.05) is 5.88 Å². The summed E-state index contributed by atoms with van der Waals surface area (Å²) < 4.78 is 0. The first-order chi connectivity index (χ1) is 5.00. The lowest BCUT2D eigenvalue weighted by molar-refractivity contribution is 0.117. The van der Waals surface area contributed by atoms with E-state index < -0.39 is 6.09 Å². The third-order valence-electron chi connectivity index (χ3n) is 1.48.